The van der Waals surface area contributed by atoms with Gasteiger partial charge < -0.3 is 20.2 Å². The van der Waals surface area contributed by atoms with Crippen LogP contribution in [0.4, 0.5) is 0 Å². The molecule has 0 spiro atoms. The van der Waals surface area contributed by atoms with E-state index in [0.717, 1.165) is 56.2 Å². The summed E-state index contributed by atoms with van der Waals surface area (Å²) in [6.45, 7) is 4.14. The third-order valence-corrected chi connectivity index (χ3v) is 6.03. The molecule has 6 nitrogen and oxygen atoms in total. The van der Waals surface area contributed by atoms with Gasteiger partial charge in [-0.3, -0.25) is 9.89 Å². The zero-order valence-electron chi connectivity index (χ0n) is 19.5. The van der Waals surface area contributed by atoms with Crippen LogP contribution in [0.1, 0.15) is 35.8 Å². The molecule has 4 rings (SSSR count). The van der Waals surface area contributed by atoms with Crippen molar-refractivity contribution < 1.29 is 9.52 Å². The molecule has 1 aliphatic heterocycles. The maximum Gasteiger partial charge on any atom is 0.191 e. The van der Waals surface area contributed by atoms with Gasteiger partial charge in [-0.1, -0.05) is 60.7 Å². The number of nitrogens with zero attached hydrogens (tertiary/aromatic N) is 2. The van der Waals surface area contributed by atoms with Gasteiger partial charge in [-0.15, -0.1) is 24.0 Å². The first kappa shape index (κ1) is 26.2. The van der Waals surface area contributed by atoms with Crippen LogP contribution in [-0.4, -0.2) is 48.2 Å². The number of piperidine rings is 1. The number of hydrogen-bond acceptors (Lipinski definition) is 4. The lowest BCUT2D eigenvalue weighted by Gasteiger charge is -2.33. The molecular weight excluding hydrogens is 539 g/mol. The average molecular weight is 575 g/mol. The molecule has 2 aromatic carbocycles. The number of guanidine groups is 1. The lowest BCUT2D eigenvalue weighted by molar-refractivity contribution is 0.186. The van der Waals surface area contributed by atoms with Gasteiger partial charge in [-0.2, -0.15) is 0 Å². The Morgan fingerprint density at radius 1 is 1.00 bits per heavy atom. The van der Waals surface area contributed by atoms with Gasteiger partial charge in [0.25, 0.3) is 0 Å². The van der Waals surface area contributed by atoms with Crippen LogP contribution in [-0.2, 0) is 13.0 Å². The van der Waals surface area contributed by atoms with Crippen LogP contribution in [0.3, 0.4) is 0 Å². The summed E-state index contributed by atoms with van der Waals surface area (Å²) in [6, 6.07) is 24.6. The second kappa shape index (κ2) is 14.1. The molecule has 34 heavy (non-hydrogen) atoms. The summed E-state index contributed by atoms with van der Waals surface area (Å²) in [5, 5.41) is 17.6. The van der Waals surface area contributed by atoms with Crippen molar-refractivity contribution in [1.82, 2.24) is 15.5 Å². The number of aliphatic hydroxyl groups excluding tert-OH is 1. The molecule has 182 valence electrons. The summed E-state index contributed by atoms with van der Waals surface area (Å²) in [4.78, 5) is 7.21. The molecule has 0 bridgehead atoms. The fraction of sp³-hybridized carbons (Fsp3) is 0.370. The van der Waals surface area contributed by atoms with E-state index in [-0.39, 0.29) is 24.0 Å². The van der Waals surface area contributed by atoms with Crippen LogP contribution in [0, 0.1) is 0 Å². The van der Waals surface area contributed by atoms with Crippen molar-refractivity contribution in [2.45, 2.75) is 38.0 Å². The van der Waals surface area contributed by atoms with Crippen LogP contribution in [0.5, 0.6) is 0 Å². The summed E-state index contributed by atoms with van der Waals surface area (Å²) in [6.07, 6.45) is 3.98. The standard InChI is InChI=1S/C27H34N4O2.HI/c32-26(23-10-5-2-6-11-23)20-29-27(28-16-13-25-12-7-19-33-25)30-24-14-17-31(18-15-24)21-22-8-3-1-4-9-22;/h1-12,19,24,26,32H,13-18,20-21H2,(H2,28,29,30);1H. The molecule has 7 heteroatoms. The van der Waals surface area contributed by atoms with Crippen molar-refractivity contribution in [3.8, 4) is 0 Å². The minimum Gasteiger partial charge on any atom is -0.469 e. The Balaban J connectivity index is 0.00000324. The molecule has 1 atom stereocenters. The van der Waals surface area contributed by atoms with E-state index in [1.807, 2.05) is 42.5 Å². The predicted molar refractivity (Wildman–Crippen MR) is 147 cm³/mol. The minimum absolute atomic E-state index is 0. The Morgan fingerprint density at radius 2 is 1.71 bits per heavy atom. The van der Waals surface area contributed by atoms with E-state index in [1.54, 1.807) is 6.26 Å². The van der Waals surface area contributed by atoms with E-state index in [2.05, 4.69) is 45.9 Å². The van der Waals surface area contributed by atoms with Gasteiger partial charge in [0, 0.05) is 38.6 Å². The van der Waals surface area contributed by atoms with Gasteiger partial charge in [0.05, 0.1) is 18.9 Å². The van der Waals surface area contributed by atoms with Gasteiger partial charge in [-0.25, -0.2) is 0 Å². The summed E-state index contributed by atoms with van der Waals surface area (Å²) < 4.78 is 5.44. The maximum absolute atomic E-state index is 10.5. The van der Waals surface area contributed by atoms with E-state index < -0.39 is 6.10 Å². The molecule has 3 N–H and O–H groups in total. The monoisotopic (exact) mass is 574 g/mol. The zero-order chi connectivity index (χ0) is 22.7. The molecule has 1 aliphatic rings. The second-order valence-electron chi connectivity index (χ2n) is 8.55. The van der Waals surface area contributed by atoms with Gasteiger partial charge in [-0.05, 0) is 36.1 Å². The molecule has 0 radical (unpaired) electrons. The van der Waals surface area contributed by atoms with E-state index in [4.69, 9.17) is 9.41 Å². The van der Waals surface area contributed by atoms with Crippen LogP contribution >= 0.6 is 24.0 Å². The molecule has 2 heterocycles. The van der Waals surface area contributed by atoms with Crippen LogP contribution in [0.25, 0.3) is 0 Å². The number of aliphatic hydroxyl groups is 1. The lowest BCUT2D eigenvalue weighted by atomic mass is 10.0. The highest BCUT2D eigenvalue weighted by molar-refractivity contribution is 14.0. The van der Waals surface area contributed by atoms with Gasteiger partial charge in [0.2, 0.25) is 0 Å². The lowest BCUT2D eigenvalue weighted by Crippen LogP contribution is -2.49. The van der Waals surface area contributed by atoms with Gasteiger partial charge >= 0.3 is 0 Å². The Bertz CT molecular complexity index is 959. The number of hydrogen-bond donors (Lipinski definition) is 3. The van der Waals surface area contributed by atoms with Crippen LogP contribution < -0.4 is 10.6 Å². The highest BCUT2D eigenvalue weighted by Gasteiger charge is 2.20. The van der Waals surface area contributed by atoms with Gasteiger partial charge in [0.15, 0.2) is 5.96 Å². The third-order valence-electron chi connectivity index (χ3n) is 6.03. The molecule has 1 saturated heterocycles. The third kappa shape index (κ3) is 8.45. The highest BCUT2D eigenvalue weighted by Crippen LogP contribution is 2.15. The summed E-state index contributed by atoms with van der Waals surface area (Å²) in [5.41, 5.74) is 2.24. The largest absolute Gasteiger partial charge is 0.469 e. The first-order valence-electron chi connectivity index (χ1n) is 11.8. The van der Waals surface area contributed by atoms with Crippen molar-refractivity contribution in [3.05, 3.63) is 95.9 Å². The Kier molecular flexibility index (Phi) is 10.9. The minimum atomic E-state index is -0.623. The van der Waals surface area contributed by atoms with Crippen LogP contribution in [0.2, 0.25) is 0 Å². The Labute approximate surface area is 219 Å². The van der Waals surface area contributed by atoms with Crippen LogP contribution in [0.15, 0.2) is 88.5 Å². The molecule has 3 aromatic rings. The molecule has 1 aromatic heterocycles. The van der Waals surface area contributed by atoms with Crippen molar-refractivity contribution in [2.75, 3.05) is 26.2 Å². The number of benzene rings is 2. The van der Waals surface area contributed by atoms with E-state index in [1.165, 1.54) is 5.56 Å². The smallest absolute Gasteiger partial charge is 0.191 e. The predicted octanol–water partition coefficient (Wildman–Crippen LogP) is 4.37. The number of halogens is 1. The molecule has 0 aliphatic carbocycles. The van der Waals surface area contributed by atoms with Crippen molar-refractivity contribution in [3.63, 3.8) is 0 Å². The molecule has 1 fully saturated rings. The number of nitrogens with one attached hydrogen (secondary N) is 2. The van der Waals surface area contributed by atoms with Gasteiger partial charge in [0.1, 0.15) is 5.76 Å². The SMILES string of the molecule is I.OC(CN=C(NCCc1ccco1)NC1CCN(Cc2ccccc2)CC1)c1ccccc1. The van der Waals surface area contributed by atoms with Crippen molar-refractivity contribution >= 4 is 29.9 Å². The molecule has 0 saturated carbocycles. The zero-order valence-corrected chi connectivity index (χ0v) is 21.8. The van der Waals surface area contributed by atoms with E-state index >= 15 is 0 Å². The van der Waals surface area contributed by atoms with E-state index in [9.17, 15) is 5.11 Å². The summed E-state index contributed by atoms with van der Waals surface area (Å²) >= 11 is 0. The first-order valence-corrected chi connectivity index (χ1v) is 11.8. The second-order valence-corrected chi connectivity index (χ2v) is 8.55. The number of likely N-dealkylation sites (tertiary alicyclic amines) is 1. The Morgan fingerprint density at radius 3 is 2.38 bits per heavy atom. The fourth-order valence-corrected chi connectivity index (χ4v) is 4.14. The summed E-state index contributed by atoms with van der Waals surface area (Å²) in [7, 11) is 0. The quantitative estimate of drug-likeness (QED) is 0.201. The Hall–Kier alpha value is -2.36. The first-order chi connectivity index (χ1) is 16.3. The van der Waals surface area contributed by atoms with E-state index in [0.29, 0.717) is 19.1 Å². The highest BCUT2D eigenvalue weighted by atomic mass is 127. The van der Waals surface area contributed by atoms with Crippen molar-refractivity contribution in [1.29, 1.82) is 0 Å². The topological polar surface area (TPSA) is 73.0 Å². The number of aliphatic imine (C=N–C) groups is 1. The number of rotatable bonds is 9. The number of furan rings is 1. The maximum atomic E-state index is 10.5. The van der Waals surface area contributed by atoms with Crippen molar-refractivity contribution in [2.24, 2.45) is 4.99 Å². The average Bonchev–Trinajstić information content (AvgIpc) is 3.38. The molecule has 0 amide bonds. The molecule has 1 unspecified atom stereocenters. The molecular formula is C27H35IN4O2. The summed E-state index contributed by atoms with van der Waals surface area (Å²) in [5.74, 6) is 1.69. The fourth-order valence-electron chi connectivity index (χ4n) is 4.14. The normalized spacial score (nSPS) is 16.0.